The second-order valence-corrected chi connectivity index (χ2v) is 4.69. The molecule has 6 heteroatoms. The SMILES string of the molecule is CN(C)C(C)(C)CNc1cccnc1[N+](=O)[O-]. The van der Waals surface area contributed by atoms with Gasteiger partial charge in [0, 0.05) is 12.1 Å². The molecule has 94 valence electrons. The number of hydrogen-bond donors (Lipinski definition) is 1. The summed E-state index contributed by atoms with van der Waals surface area (Å²) >= 11 is 0. The number of rotatable bonds is 5. The second kappa shape index (κ2) is 5.09. The first-order chi connectivity index (χ1) is 7.84. The minimum absolute atomic E-state index is 0.0935. The third kappa shape index (κ3) is 3.39. The highest BCUT2D eigenvalue weighted by Crippen LogP contribution is 2.21. The Bertz CT molecular complexity index is 404. The smallest absolute Gasteiger partial charge is 0.376 e. The number of pyridine rings is 1. The molecule has 0 radical (unpaired) electrons. The average molecular weight is 238 g/mol. The molecule has 0 unspecified atom stereocenters. The second-order valence-electron chi connectivity index (χ2n) is 4.69. The van der Waals surface area contributed by atoms with Crippen molar-refractivity contribution < 1.29 is 4.92 Å². The van der Waals surface area contributed by atoms with E-state index in [0.29, 0.717) is 12.2 Å². The number of aromatic nitrogens is 1. The third-order valence-electron chi connectivity index (χ3n) is 2.88. The number of nitro groups is 1. The fraction of sp³-hybridized carbons (Fsp3) is 0.545. The van der Waals surface area contributed by atoms with Gasteiger partial charge in [0.1, 0.15) is 11.9 Å². The molecule has 0 fully saturated rings. The standard InChI is InChI=1S/C11H18N4O2/c1-11(2,14(3)4)8-13-9-6-5-7-12-10(9)15(16)17/h5-7,13H,8H2,1-4H3. The van der Waals surface area contributed by atoms with Gasteiger partial charge in [-0.25, -0.2) is 0 Å². The van der Waals surface area contributed by atoms with Gasteiger partial charge in [-0.3, -0.25) is 0 Å². The van der Waals surface area contributed by atoms with E-state index in [2.05, 4.69) is 29.0 Å². The highest BCUT2D eigenvalue weighted by Gasteiger charge is 2.22. The van der Waals surface area contributed by atoms with Gasteiger partial charge in [-0.1, -0.05) is 0 Å². The zero-order valence-electron chi connectivity index (χ0n) is 10.6. The maximum absolute atomic E-state index is 10.8. The molecule has 0 aromatic carbocycles. The largest absolute Gasteiger partial charge is 0.386 e. The highest BCUT2D eigenvalue weighted by atomic mass is 16.6. The van der Waals surface area contributed by atoms with Crippen molar-refractivity contribution in [2.75, 3.05) is 26.0 Å². The Kier molecular flexibility index (Phi) is 4.01. The molecule has 1 heterocycles. The van der Waals surface area contributed by atoms with Crippen LogP contribution in [0.3, 0.4) is 0 Å². The third-order valence-corrected chi connectivity index (χ3v) is 2.88. The maximum atomic E-state index is 10.8. The van der Waals surface area contributed by atoms with Gasteiger partial charge in [-0.05, 0) is 50.0 Å². The molecule has 1 rings (SSSR count). The van der Waals surface area contributed by atoms with Gasteiger partial charge in [0.2, 0.25) is 0 Å². The van der Waals surface area contributed by atoms with Crippen LogP contribution in [0.2, 0.25) is 0 Å². The summed E-state index contributed by atoms with van der Waals surface area (Å²) in [6, 6.07) is 3.34. The first kappa shape index (κ1) is 13.4. The Hall–Kier alpha value is -1.69. The minimum atomic E-state index is -0.481. The molecule has 1 aromatic rings. The summed E-state index contributed by atoms with van der Waals surface area (Å²) < 4.78 is 0. The van der Waals surface area contributed by atoms with Crippen molar-refractivity contribution in [2.24, 2.45) is 0 Å². The summed E-state index contributed by atoms with van der Waals surface area (Å²) in [5, 5.41) is 13.8. The summed E-state index contributed by atoms with van der Waals surface area (Å²) in [5.41, 5.74) is 0.358. The predicted octanol–water partition coefficient (Wildman–Crippen LogP) is 1.74. The molecule has 0 aliphatic carbocycles. The Morgan fingerprint density at radius 2 is 2.18 bits per heavy atom. The number of nitrogens with zero attached hydrogens (tertiary/aromatic N) is 3. The van der Waals surface area contributed by atoms with Crippen LogP contribution >= 0.6 is 0 Å². The molecule has 0 saturated heterocycles. The van der Waals surface area contributed by atoms with Crippen molar-refractivity contribution in [1.82, 2.24) is 9.88 Å². The van der Waals surface area contributed by atoms with Crippen molar-refractivity contribution in [3.05, 3.63) is 28.4 Å². The summed E-state index contributed by atoms with van der Waals surface area (Å²) in [7, 11) is 3.94. The summed E-state index contributed by atoms with van der Waals surface area (Å²) in [5.74, 6) is -0.137. The van der Waals surface area contributed by atoms with Gasteiger partial charge in [0.05, 0.1) is 0 Å². The molecule has 17 heavy (non-hydrogen) atoms. The van der Waals surface area contributed by atoms with Crippen LogP contribution in [0.4, 0.5) is 11.5 Å². The van der Waals surface area contributed by atoms with Crippen molar-refractivity contribution in [3.8, 4) is 0 Å². The van der Waals surface area contributed by atoms with Crippen LogP contribution in [0, 0.1) is 10.1 Å². The van der Waals surface area contributed by atoms with E-state index in [4.69, 9.17) is 0 Å². The number of hydrogen-bond acceptors (Lipinski definition) is 5. The molecular weight excluding hydrogens is 220 g/mol. The lowest BCUT2D eigenvalue weighted by molar-refractivity contribution is -0.388. The van der Waals surface area contributed by atoms with E-state index in [9.17, 15) is 10.1 Å². The van der Waals surface area contributed by atoms with Gasteiger partial charge in [-0.15, -0.1) is 0 Å². The van der Waals surface area contributed by atoms with Crippen molar-refractivity contribution >= 4 is 11.5 Å². The lowest BCUT2D eigenvalue weighted by Gasteiger charge is -2.32. The molecule has 6 nitrogen and oxygen atoms in total. The lowest BCUT2D eigenvalue weighted by atomic mass is 10.0. The Balaban J connectivity index is 2.79. The fourth-order valence-electron chi connectivity index (χ4n) is 1.15. The molecule has 0 aliphatic rings. The predicted molar refractivity (Wildman–Crippen MR) is 67.1 cm³/mol. The van der Waals surface area contributed by atoms with E-state index in [1.165, 1.54) is 6.20 Å². The highest BCUT2D eigenvalue weighted by molar-refractivity contribution is 5.56. The van der Waals surface area contributed by atoms with Crippen LogP contribution in [0.5, 0.6) is 0 Å². The molecule has 0 bridgehead atoms. The number of likely N-dealkylation sites (N-methyl/N-ethyl adjacent to an activating group) is 1. The van der Waals surface area contributed by atoms with Crippen LogP contribution in [0.25, 0.3) is 0 Å². The first-order valence-corrected chi connectivity index (χ1v) is 5.35. The van der Waals surface area contributed by atoms with Gasteiger partial charge < -0.3 is 20.3 Å². The van der Waals surface area contributed by atoms with Crippen molar-refractivity contribution in [3.63, 3.8) is 0 Å². The summed E-state index contributed by atoms with van der Waals surface area (Å²) in [4.78, 5) is 16.1. The van der Waals surface area contributed by atoms with Crippen LogP contribution in [-0.2, 0) is 0 Å². The van der Waals surface area contributed by atoms with E-state index >= 15 is 0 Å². The molecule has 0 saturated carbocycles. The van der Waals surface area contributed by atoms with Crippen molar-refractivity contribution in [2.45, 2.75) is 19.4 Å². The first-order valence-electron chi connectivity index (χ1n) is 5.35. The van der Waals surface area contributed by atoms with Gasteiger partial charge >= 0.3 is 5.82 Å². The summed E-state index contributed by atoms with van der Waals surface area (Å²) in [6.07, 6.45) is 1.42. The van der Waals surface area contributed by atoms with E-state index in [1.54, 1.807) is 12.1 Å². The van der Waals surface area contributed by atoms with Crippen LogP contribution in [0.1, 0.15) is 13.8 Å². The molecule has 0 amide bonds. The van der Waals surface area contributed by atoms with Gasteiger partial charge in [0.25, 0.3) is 0 Å². The van der Waals surface area contributed by atoms with Crippen LogP contribution < -0.4 is 5.32 Å². The van der Waals surface area contributed by atoms with Gasteiger partial charge in [-0.2, -0.15) is 0 Å². The van der Waals surface area contributed by atoms with E-state index < -0.39 is 4.92 Å². The topological polar surface area (TPSA) is 71.3 Å². The Labute approximate surface area is 101 Å². The average Bonchev–Trinajstić information content (AvgIpc) is 2.26. The Morgan fingerprint density at radius 3 is 2.71 bits per heavy atom. The maximum Gasteiger partial charge on any atom is 0.386 e. The summed E-state index contributed by atoms with van der Waals surface area (Å²) in [6.45, 7) is 4.72. The van der Waals surface area contributed by atoms with Crippen molar-refractivity contribution in [1.29, 1.82) is 0 Å². The van der Waals surface area contributed by atoms with Gasteiger partial charge in [0.15, 0.2) is 0 Å². The van der Waals surface area contributed by atoms with E-state index in [0.717, 1.165) is 0 Å². The fourth-order valence-corrected chi connectivity index (χ4v) is 1.15. The minimum Gasteiger partial charge on any atom is -0.376 e. The van der Waals surface area contributed by atoms with E-state index in [1.807, 2.05) is 14.1 Å². The molecular formula is C11H18N4O2. The van der Waals surface area contributed by atoms with Crippen LogP contribution in [-0.4, -0.2) is 41.0 Å². The van der Waals surface area contributed by atoms with E-state index in [-0.39, 0.29) is 11.4 Å². The molecule has 0 atom stereocenters. The number of anilines is 1. The zero-order valence-corrected chi connectivity index (χ0v) is 10.6. The molecule has 0 aliphatic heterocycles. The quantitative estimate of drug-likeness (QED) is 0.625. The molecule has 0 spiro atoms. The lowest BCUT2D eigenvalue weighted by Crippen LogP contribution is -2.44. The normalized spacial score (nSPS) is 11.6. The van der Waals surface area contributed by atoms with Crippen LogP contribution in [0.15, 0.2) is 18.3 Å². The monoisotopic (exact) mass is 238 g/mol. The Morgan fingerprint density at radius 1 is 1.53 bits per heavy atom. The molecule has 1 N–H and O–H groups in total. The number of nitrogens with one attached hydrogen (secondary N) is 1. The molecule has 1 aromatic heterocycles. The zero-order chi connectivity index (χ0) is 13.1.